The fraction of sp³-hybridized carbons (Fsp3) is 0.298. The molecule has 3 aromatic carbocycles. The molecule has 0 radical (unpaired) electrons. The van der Waals surface area contributed by atoms with Crippen molar-refractivity contribution in [3.05, 3.63) is 149 Å². The van der Waals surface area contributed by atoms with Crippen LogP contribution in [0.4, 0.5) is 0 Å². The van der Waals surface area contributed by atoms with Gasteiger partial charge in [-0.3, -0.25) is 0 Å². The Balaban J connectivity index is 0.000000803. The van der Waals surface area contributed by atoms with E-state index in [1.54, 1.807) is 11.8 Å². The number of aromatic nitrogens is 4. The maximum atomic E-state index is 5.51. The molecule has 0 spiro atoms. The minimum Gasteiger partial charge on any atom is -0.657 e. The molecule has 3 aromatic heterocycles. The third-order valence-electron chi connectivity index (χ3n) is 12.9. The second kappa shape index (κ2) is 21.8. The van der Waals surface area contributed by atoms with Crippen LogP contribution in [0.25, 0.3) is 79.8 Å². The van der Waals surface area contributed by atoms with Crippen molar-refractivity contribution in [2.45, 2.75) is 110 Å². The molecule has 8 bridgehead atoms. The SMILES string of the molecule is C1CCCC1.CSc1c2nc(c(-c3c(C)cc(C)cc3C)c3ccc([n-]3)c(-c3ccc(C4CCCC4)cc3)c3nc(c(-c4c(C)cc(C)cc4C)c4ccc1[n-]4)C=C3)C=C2.[CH3-].[CH3-].[Fe+2].[Zn+2]. The van der Waals surface area contributed by atoms with Gasteiger partial charge < -0.3 is 24.8 Å². The number of thioether (sulfide) groups is 1. The average molecular weight is 956 g/mol. The van der Waals surface area contributed by atoms with Gasteiger partial charge in [-0.15, -0.1) is 33.8 Å². The summed E-state index contributed by atoms with van der Waals surface area (Å²) in [5, 5.41) is 0. The Bertz CT molecular complexity index is 2740. The fourth-order valence-corrected chi connectivity index (χ4v) is 10.9. The van der Waals surface area contributed by atoms with Crippen LogP contribution in [0, 0.1) is 56.4 Å². The molecule has 326 valence electrons. The van der Waals surface area contributed by atoms with E-state index >= 15 is 0 Å². The minimum absolute atomic E-state index is 0. The summed E-state index contributed by atoms with van der Waals surface area (Å²) in [5.74, 6) is 0.646. The van der Waals surface area contributed by atoms with Gasteiger partial charge in [0.2, 0.25) is 0 Å². The molecule has 0 N–H and O–H groups in total. The van der Waals surface area contributed by atoms with E-state index in [1.165, 1.54) is 108 Å². The molecule has 0 amide bonds. The van der Waals surface area contributed by atoms with Crippen LogP contribution in [-0.2, 0) is 36.5 Å². The van der Waals surface area contributed by atoms with E-state index < -0.39 is 0 Å². The molecule has 6 aromatic rings. The predicted molar refractivity (Wildman–Crippen MR) is 270 cm³/mol. The second-order valence-electron chi connectivity index (χ2n) is 17.4. The smallest absolute Gasteiger partial charge is 0.657 e. The zero-order valence-corrected chi connectivity index (χ0v) is 44.3. The van der Waals surface area contributed by atoms with Gasteiger partial charge in [0.25, 0.3) is 0 Å². The van der Waals surface area contributed by atoms with Gasteiger partial charge in [-0.05, 0) is 152 Å². The summed E-state index contributed by atoms with van der Waals surface area (Å²) in [6.07, 6.45) is 23.4. The monoisotopic (exact) mass is 954 g/mol. The van der Waals surface area contributed by atoms with Gasteiger partial charge in [-0.25, -0.2) is 9.97 Å². The Labute approximate surface area is 411 Å². The Morgan fingerprint density at radius 1 is 0.469 bits per heavy atom. The van der Waals surface area contributed by atoms with Crippen LogP contribution in [0.5, 0.6) is 0 Å². The van der Waals surface area contributed by atoms with Crippen LogP contribution in [-0.4, -0.2) is 16.2 Å². The molecule has 0 unspecified atom stereocenters. The molecular formula is C57H62FeN4SZn. The maximum Gasteiger partial charge on any atom is 2.00 e. The van der Waals surface area contributed by atoms with Crippen LogP contribution in [0.15, 0.2) is 77.7 Å². The van der Waals surface area contributed by atoms with Gasteiger partial charge >= 0.3 is 36.5 Å². The zero-order chi connectivity index (χ0) is 41.5. The first-order chi connectivity index (χ1) is 29.2. The molecule has 5 heterocycles. The molecule has 0 atom stereocenters. The Kier molecular flexibility index (Phi) is 17.3. The average Bonchev–Trinajstić information content (AvgIpc) is 4.08. The number of aryl methyl sites for hydroxylation is 6. The zero-order valence-electron chi connectivity index (χ0n) is 39.4. The minimum atomic E-state index is 0. The van der Waals surface area contributed by atoms with Gasteiger partial charge in [0.1, 0.15) is 0 Å². The van der Waals surface area contributed by atoms with Crippen molar-refractivity contribution in [1.82, 2.24) is 19.9 Å². The molecule has 64 heavy (non-hydrogen) atoms. The normalized spacial score (nSPS) is 13.9. The van der Waals surface area contributed by atoms with E-state index in [0.717, 1.165) is 72.0 Å². The van der Waals surface area contributed by atoms with E-state index in [2.05, 4.69) is 145 Å². The van der Waals surface area contributed by atoms with Crippen molar-refractivity contribution in [1.29, 1.82) is 0 Å². The van der Waals surface area contributed by atoms with Crippen molar-refractivity contribution in [3.63, 3.8) is 0 Å². The summed E-state index contributed by atoms with van der Waals surface area (Å²) in [7, 11) is 0. The molecule has 2 aliphatic carbocycles. The van der Waals surface area contributed by atoms with Crippen LogP contribution in [0.3, 0.4) is 0 Å². The Hall–Kier alpha value is -4.25. The molecular weight excluding hydrogens is 894 g/mol. The summed E-state index contributed by atoms with van der Waals surface area (Å²) in [6, 6.07) is 27.0. The van der Waals surface area contributed by atoms with Crippen LogP contribution < -0.4 is 9.97 Å². The third kappa shape index (κ3) is 10.1. The Morgan fingerprint density at radius 3 is 1.30 bits per heavy atom. The van der Waals surface area contributed by atoms with Gasteiger partial charge in [0, 0.05) is 4.90 Å². The molecule has 4 aliphatic rings. The van der Waals surface area contributed by atoms with Crippen molar-refractivity contribution in [2.24, 2.45) is 0 Å². The summed E-state index contributed by atoms with van der Waals surface area (Å²) >= 11 is 1.69. The van der Waals surface area contributed by atoms with Crippen molar-refractivity contribution in [2.75, 3.05) is 6.26 Å². The van der Waals surface area contributed by atoms with Crippen LogP contribution in [0.2, 0.25) is 0 Å². The number of hydrogen-bond donors (Lipinski definition) is 0. The molecule has 7 heteroatoms. The first kappa shape index (κ1) is 50.7. The number of fused-ring (bicyclic) bond motifs is 8. The molecule has 2 fully saturated rings. The van der Waals surface area contributed by atoms with Crippen LogP contribution >= 0.6 is 11.8 Å². The predicted octanol–water partition coefficient (Wildman–Crippen LogP) is 16.0. The number of nitrogens with zero attached hydrogens (tertiary/aromatic N) is 4. The molecule has 4 nitrogen and oxygen atoms in total. The quantitative estimate of drug-likeness (QED) is 0.0977. The van der Waals surface area contributed by atoms with Crippen molar-refractivity contribution >= 4 is 58.1 Å². The molecule has 0 saturated heterocycles. The van der Waals surface area contributed by atoms with Gasteiger partial charge in [0.15, 0.2) is 0 Å². The number of hydrogen-bond acceptors (Lipinski definition) is 3. The third-order valence-corrected chi connectivity index (χ3v) is 13.7. The molecule has 2 saturated carbocycles. The summed E-state index contributed by atoms with van der Waals surface area (Å²) < 4.78 is 0. The first-order valence-electron chi connectivity index (χ1n) is 22.0. The van der Waals surface area contributed by atoms with Crippen LogP contribution in [0.1, 0.15) is 125 Å². The van der Waals surface area contributed by atoms with E-state index in [-0.39, 0.29) is 51.4 Å². The largest absolute Gasteiger partial charge is 2.00 e. The van der Waals surface area contributed by atoms with Crippen molar-refractivity contribution in [3.8, 4) is 33.4 Å². The number of benzene rings is 3. The van der Waals surface area contributed by atoms with Gasteiger partial charge in [-0.2, -0.15) is 0 Å². The topological polar surface area (TPSA) is 54.0 Å². The standard InChI is InChI=1S/C50H46N4S.C5H10.2CH3.Fe.Zn/c1-28-24-30(3)45(31(4)25-28)48-39-18-16-37(51-39)47(36-14-12-35(13-15-36)34-10-8-9-11-34)38-17-19-40(52-38)49(46-32(5)26-29(2)27-33(46)6)42-21-23-44(54-42)50(55-7)43-22-20-41(48)53-43;1-2-4-5-3-1;;;;/h12-27,34H,8-11H2,1-7H3;1-5H2;2*1H3;;/q-2;;2*-1;2*+2. The van der Waals surface area contributed by atoms with Gasteiger partial charge in [0.05, 0.1) is 22.8 Å². The van der Waals surface area contributed by atoms with E-state index in [9.17, 15) is 0 Å². The molecule has 2 aliphatic heterocycles. The maximum absolute atomic E-state index is 5.51. The van der Waals surface area contributed by atoms with E-state index in [4.69, 9.17) is 19.9 Å². The molecule has 10 rings (SSSR count). The number of rotatable bonds is 5. The summed E-state index contributed by atoms with van der Waals surface area (Å²) in [4.78, 5) is 22.8. The second-order valence-corrected chi connectivity index (χ2v) is 18.3. The van der Waals surface area contributed by atoms with E-state index in [0.29, 0.717) is 5.92 Å². The van der Waals surface area contributed by atoms with Crippen molar-refractivity contribution < 1.29 is 36.5 Å². The first-order valence-corrected chi connectivity index (χ1v) is 23.3. The summed E-state index contributed by atoms with van der Waals surface area (Å²) in [5.41, 5.74) is 22.7. The summed E-state index contributed by atoms with van der Waals surface area (Å²) in [6.45, 7) is 13.1. The fourth-order valence-electron chi connectivity index (χ4n) is 10.3. The van der Waals surface area contributed by atoms with Gasteiger partial charge in [-0.1, -0.05) is 129 Å². The van der Waals surface area contributed by atoms with E-state index in [1.807, 2.05) is 0 Å². The Morgan fingerprint density at radius 2 is 0.844 bits per heavy atom.